The Balaban J connectivity index is 1.91. The smallest absolute Gasteiger partial charge is 0.410 e. The molecule has 126 valence electrons. The number of benzene rings is 2. The summed E-state index contributed by atoms with van der Waals surface area (Å²) < 4.78 is 45.5. The van der Waals surface area contributed by atoms with Crippen LogP contribution in [0.25, 0.3) is 0 Å². The van der Waals surface area contributed by atoms with Gasteiger partial charge < -0.3 is 9.64 Å². The summed E-state index contributed by atoms with van der Waals surface area (Å²) in [6.07, 6.45) is -0.503. The molecule has 0 aliphatic carbocycles. The normalized spacial score (nSPS) is 14.1. The van der Waals surface area contributed by atoms with E-state index in [4.69, 9.17) is 16.3 Å². The lowest BCUT2D eigenvalue weighted by atomic mass is 10.2. The van der Waals surface area contributed by atoms with Crippen LogP contribution >= 0.6 is 11.6 Å². The molecule has 0 saturated carbocycles. The summed E-state index contributed by atoms with van der Waals surface area (Å²) >= 11 is 5.65. The second-order valence-electron chi connectivity index (χ2n) is 5.23. The third-order valence-electron chi connectivity index (χ3n) is 3.43. The first-order valence-corrected chi connectivity index (χ1v) is 8.66. The van der Waals surface area contributed by atoms with E-state index < -0.39 is 21.9 Å². The van der Waals surface area contributed by atoms with Crippen LogP contribution < -0.4 is 9.46 Å². The van der Waals surface area contributed by atoms with Crippen LogP contribution in [0.4, 0.5) is 14.9 Å². The molecule has 6 nitrogen and oxygen atoms in total. The highest BCUT2D eigenvalue weighted by atomic mass is 35.5. The standard InChI is InChI=1S/C15H12ClFN2O4S/c1-19-8-9-6-11(3-5-14(9)23-15(19)20)24(21,22)18-10-2-4-13(17)12(16)7-10/h2-7,18H,8H2,1H3. The molecule has 0 bridgehead atoms. The molecule has 3 rings (SSSR count). The monoisotopic (exact) mass is 370 g/mol. The number of nitrogens with one attached hydrogen (secondary N) is 1. The van der Waals surface area contributed by atoms with E-state index in [1.54, 1.807) is 7.05 Å². The van der Waals surface area contributed by atoms with Gasteiger partial charge in [-0.1, -0.05) is 11.6 Å². The van der Waals surface area contributed by atoms with Gasteiger partial charge in [-0.05, 0) is 36.4 Å². The fourth-order valence-electron chi connectivity index (χ4n) is 2.21. The lowest BCUT2D eigenvalue weighted by molar-refractivity contribution is 0.150. The molecule has 24 heavy (non-hydrogen) atoms. The Bertz CT molecular complexity index is 933. The lowest BCUT2D eigenvalue weighted by Crippen LogP contribution is -2.33. The summed E-state index contributed by atoms with van der Waals surface area (Å²) in [5.74, 6) is -0.319. The Hall–Kier alpha value is -2.32. The van der Waals surface area contributed by atoms with Crippen LogP contribution in [0.1, 0.15) is 5.56 Å². The fourth-order valence-corrected chi connectivity index (χ4v) is 3.49. The number of rotatable bonds is 3. The SMILES string of the molecule is CN1Cc2cc(S(=O)(=O)Nc3ccc(F)c(Cl)c3)ccc2OC1=O. The lowest BCUT2D eigenvalue weighted by Gasteiger charge is -2.24. The molecule has 1 heterocycles. The van der Waals surface area contributed by atoms with Crippen molar-refractivity contribution in [1.29, 1.82) is 0 Å². The van der Waals surface area contributed by atoms with Gasteiger partial charge in [-0.3, -0.25) is 4.72 Å². The maximum Gasteiger partial charge on any atom is 0.415 e. The van der Waals surface area contributed by atoms with Gasteiger partial charge in [-0.15, -0.1) is 0 Å². The number of sulfonamides is 1. The molecule has 0 unspecified atom stereocenters. The molecule has 0 atom stereocenters. The highest BCUT2D eigenvalue weighted by Crippen LogP contribution is 2.29. The minimum atomic E-state index is -3.90. The van der Waals surface area contributed by atoms with Gasteiger partial charge in [0.25, 0.3) is 10.0 Å². The summed E-state index contributed by atoms with van der Waals surface area (Å²) in [6.45, 7) is 0.236. The molecule has 1 aliphatic rings. The first kappa shape index (κ1) is 16.5. The highest BCUT2D eigenvalue weighted by Gasteiger charge is 2.24. The summed E-state index contributed by atoms with van der Waals surface area (Å²) in [7, 11) is -2.35. The second kappa shape index (κ2) is 5.95. The molecule has 9 heteroatoms. The minimum absolute atomic E-state index is 0.00644. The van der Waals surface area contributed by atoms with Gasteiger partial charge in [0.05, 0.1) is 22.2 Å². The highest BCUT2D eigenvalue weighted by molar-refractivity contribution is 7.92. The molecule has 1 aliphatic heterocycles. The van der Waals surface area contributed by atoms with Crippen LogP contribution in [0.15, 0.2) is 41.3 Å². The Morgan fingerprint density at radius 3 is 2.71 bits per heavy atom. The van der Waals surface area contributed by atoms with Crippen LogP contribution in [0.5, 0.6) is 5.75 Å². The predicted molar refractivity (Wildman–Crippen MR) is 86.2 cm³/mol. The summed E-state index contributed by atoms with van der Waals surface area (Å²) in [5.41, 5.74) is 0.708. The van der Waals surface area contributed by atoms with Gasteiger partial charge >= 0.3 is 6.09 Å². The zero-order chi connectivity index (χ0) is 17.5. The van der Waals surface area contributed by atoms with E-state index in [0.29, 0.717) is 11.3 Å². The van der Waals surface area contributed by atoms with E-state index in [1.165, 1.54) is 35.2 Å². The molecule has 0 radical (unpaired) electrons. The average molecular weight is 371 g/mol. The van der Waals surface area contributed by atoms with Gasteiger partial charge in [-0.25, -0.2) is 17.6 Å². The summed E-state index contributed by atoms with van der Waals surface area (Å²) in [4.78, 5) is 12.8. The van der Waals surface area contributed by atoms with Gasteiger partial charge in [-0.2, -0.15) is 0 Å². The van der Waals surface area contributed by atoms with Crippen molar-refractivity contribution >= 4 is 33.4 Å². The van der Waals surface area contributed by atoms with E-state index in [-0.39, 0.29) is 22.2 Å². The van der Waals surface area contributed by atoms with Crippen molar-refractivity contribution in [3.8, 4) is 5.75 Å². The number of amides is 1. The number of hydrogen-bond acceptors (Lipinski definition) is 4. The third-order valence-corrected chi connectivity index (χ3v) is 5.10. The van der Waals surface area contributed by atoms with Crippen LogP contribution in [-0.4, -0.2) is 26.5 Å². The van der Waals surface area contributed by atoms with Crippen LogP contribution in [0.2, 0.25) is 5.02 Å². The van der Waals surface area contributed by atoms with E-state index in [9.17, 15) is 17.6 Å². The first-order valence-electron chi connectivity index (χ1n) is 6.80. The van der Waals surface area contributed by atoms with E-state index in [0.717, 1.165) is 6.07 Å². The van der Waals surface area contributed by atoms with E-state index in [2.05, 4.69) is 4.72 Å². The molecule has 1 amide bonds. The van der Waals surface area contributed by atoms with E-state index >= 15 is 0 Å². The number of hydrogen-bond donors (Lipinski definition) is 1. The number of ether oxygens (including phenoxy) is 1. The molecular formula is C15H12ClFN2O4S. The van der Waals surface area contributed by atoms with Crippen molar-refractivity contribution in [1.82, 2.24) is 4.90 Å². The minimum Gasteiger partial charge on any atom is -0.410 e. The fraction of sp³-hybridized carbons (Fsp3) is 0.133. The Morgan fingerprint density at radius 1 is 1.25 bits per heavy atom. The topological polar surface area (TPSA) is 75.7 Å². The molecule has 0 fully saturated rings. The predicted octanol–water partition coefficient (Wildman–Crippen LogP) is 3.22. The third kappa shape index (κ3) is 3.15. The maximum absolute atomic E-state index is 13.2. The Labute approximate surface area is 142 Å². The number of carbonyl (C=O) groups is 1. The molecule has 0 aromatic heterocycles. The average Bonchev–Trinajstić information content (AvgIpc) is 2.51. The molecule has 0 spiro atoms. The molecule has 0 saturated heterocycles. The number of carbonyl (C=O) groups excluding carboxylic acids is 1. The van der Waals surface area contributed by atoms with Gasteiger partial charge in [0.15, 0.2) is 0 Å². The van der Waals surface area contributed by atoms with E-state index in [1.807, 2.05) is 0 Å². The Morgan fingerprint density at radius 2 is 2.00 bits per heavy atom. The maximum atomic E-state index is 13.2. The van der Waals surface area contributed by atoms with Crippen molar-refractivity contribution in [3.63, 3.8) is 0 Å². The van der Waals surface area contributed by atoms with Gasteiger partial charge in [0, 0.05) is 12.6 Å². The molecule has 2 aromatic carbocycles. The zero-order valence-corrected chi connectivity index (χ0v) is 14.0. The molecular weight excluding hydrogens is 359 g/mol. The number of halogens is 2. The Kier molecular flexibility index (Phi) is 4.10. The summed E-state index contributed by atoms with van der Waals surface area (Å²) in [6, 6.07) is 7.69. The largest absolute Gasteiger partial charge is 0.415 e. The number of nitrogens with zero attached hydrogens (tertiary/aromatic N) is 1. The zero-order valence-electron chi connectivity index (χ0n) is 12.4. The number of fused-ring (bicyclic) bond motifs is 1. The van der Waals surface area contributed by atoms with Gasteiger partial charge in [0.2, 0.25) is 0 Å². The van der Waals surface area contributed by atoms with Crippen molar-refractivity contribution in [3.05, 3.63) is 52.8 Å². The first-order chi connectivity index (χ1) is 11.3. The molecule has 2 aromatic rings. The quantitative estimate of drug-likeness (QED) is 0.900. The van der Waals surface area contributed by atoms with Crippen LogP contribution in [0.3, 0.4) is 0 Å². The van der Waals surface area contributed by atoms with Crippen LogP contribution in [0, 0.1) is 5.82 Å². The van der Waals surface area contributed by atoms with Crippen molar-refractivity contribution in [2.45, 2.75) is 11.4 Å². The van der Waals surface area contributed by atoms with Crippen molar-refractivity contribution in [2.75, 3.05) is 11.8 Å². The van der Waals surface area contributed by atoms with Crippen molar-refractivity contribution in [2.24, 2.45) is 0 Å². The second-order valence-corrected chi connectivity index (χ2v) is 7.32. The van der Waals surface area contributed by atoms with Gasteiger partial charge in [0.1, 0.15) is 11.6 Å². The molecule has 1 N–H and O–H groups in total. The van der Waals surface area contributed by atoms with Crippen LogP contribution in [-0.2, 0) is 16.6 Å². The van der Waals surface area contributed by atoms with Crippen molar-refractivity contribution < 1.29 is 22.3 Å². The summed E-state index contributed by atoms with van der Waals surface area (Å²) in [5, 5.41) is -0.186. The number of anilines is 1.